The molecular formula is C18H12ClFN2O2. The van der Waals surface area contributed by atoms with E-state index in [1.165, 1.54) is 12.1 Å². The number of fused-ring (bicyclic) bond motifs is 1. The first kappa shape index (κ1) is 16.0. The number of urea groups is 1. The van der Waals surface area contributed by atoms with E-state index >= 15 is 0 Å². The predicted octanol–water partition coefficient (Wildman–Crippen LogP) is 4.59. The van der Waals surface area contributed by atoms with Crippen molar-refractivity contribution in [1.82, 2.24) is 5.32 Å². The second-order valence-corrected chi connectivity index (χ2v) is 5.47. The molecule has 0 spiro atoms. The molecule has 6 heteroatoms. The van der Waals surface area contributed by atoms with Gasteiger partial charge in [0.1, 0.15) is 5.82 Å². The van der Waals surface area contributed by atoms with Crippen LogP contribution in [0.25, 0.3) is 10.8 Å². The molecule has 4 nitrogen and oxygen atoms in total. The average molecular weight is 343 g/mol. The van der Waals surface area contributed by atoms with Crippen LogP contribution in [0.4, 0.5) is 14.9 Å². The SMILES string of the molecule is O=C(NC(=O)c1c(F)cccc1Cl)Nc1ccc2ccccc2c1. The molecule has 0 atom stereocenters. The summed E-state index contributed by atoms with van der Waals surface area (Å²) in [5.41, 5.74) is 0.145. The van der Waals surface area contributed by atoms with Crippen LogP contribution in [0.15, 0.2) is 60.7 Å². The van der Waals surface area contributed by atoms with Crippen LogP contribution in [0.3, 0.4) is 0 Å². The highest BCUT2D eigenvalue weighted by molar-refractivity contribution is 6.34. The third-order valence-corrected chi connectivity index (χ3v) is 3.74. The predicted molar refractivity (Wildman–Crippen MR) is 91.8 cm³/mol. The average Bonchev–Trinajstić information content (AvgIpc) is 2.54. The van der Waals surface area contributed by atoms with Gasteiger partial charge < -0.3 is 5.32 Å². The van der Waals surface area contributed by atoms with Crippen molar-refractivity contribution in [3.63, 3.8) is 0 Å². The smallest absolute Gasteiger partial charge is 0.308 e. The zero-order valence-corrected chi connectivity index (χ0v) is 13.1. The summed E-state index contributed by atoms with van der Waals surface area (Å²) in [6.07, 6.45) is 0. The molecule has 3 amide bonds. The van der Waals surface area contributed by atoms with Gasteiger partial charge in [-0.05, 0) is 35.0 Å². The Balaban J connectivity index is 1.73. The van der Waals surface area contributed by atoms with E-state index in [-0.39, 0.29) is 10.6 Å². The molecule has 0 saturated heterocycles. The molecule has 0 aliphatic rings. The molecule has 3 aromatic rings. The Morgan fingerprint density at radius 3 is 2.42 bits per heavy atom. The first-order valence-electron chi connectivity index (χ1n) is 7.10. The van der Waals surface area contributed by atoms with Crippen molar-refractivity contribution in [3.05, 3.63) is 77.1 Å². The Morgan fingerprint density at radius 1 is 0.917 bits per heavy atom. The molecule has 120 valence electrons. The number of hydrogen-bond acceptors (Lipinski definition) is 2. The third-order valence-electron chi connectivity index (χ3n) is 3.42. The van der Waals surface area contributed by atoms with E-state index in [4.69, 9.17) is 11.6 Å². The second kappa shape index (κ2) is 6.68. The van der Waals surface area contributed by atoms with Gasteiger partial charge in [-0.3, -0.25) is 10.1 Å². The largest absolute Gasteiger partial charge is 0.326 e. The molecule has 0 aliphatic carbocycles. The maximum absolute atomic E-state index is 13.7. The molecule has 3 rings (SSSR count). The van der Waals surface area contributed by atoms with Crippen LogP contribution in [0, 0.1) is 5.82 Å². The minimum atomic E-state index is -0.906. The number of anilines is 1. The minimum Gasteiger partial charge on any atom is -0.308 e. The monoisotopic (exact) mass is 342 g/mol. The van der Waals surface area contributed by atoms with Gasteiger partial charge in [0, 0.05) is 5.69 Å². The molecule has 0 fully saturated rings. The van der Waals surface area contributed by atoms with Crippen LogP contribution in [0.2, 0.25) is 5.02 Å². The van der Waals surface area contributed by atoms with Crippen molar-refractivity contribution < 1.29 is 14.0 Å². The maximum atomic E-state index is 13.7. The summed E-state index contributed by atoms with van der Waals surface area (Å²) in [7, 11) is 0. The van der Waals surface area contributed by atoms with Gasteiger partial charge in [0.2, 0.25) is 0 Å². The van der Waals surface area contributed by atoms with E-state index in [9.17, 15) is 14.0 Å². The molecule has 0 saturated carbocycles. The van der Waals surface area contributed by atoms with E-state index in [2.05, 4.69) is 10.6 Å². The van der Waals surface area contributed by atoms with Gasteiger partial charge in [-0.1, -0.05) is 48.0 Å². The summed E-state index contributed by atoms with van der Waals surface area (Å²) in [5.74, 6) is -1.70. The fourth-order valence-corrected chi connectivity index (χ4v) is 2.56. The van der Waals surface area contributed by atoms with Crippen molar-refractivity contribution in [2.45, 2.75) is 0 Å². The van der Waals surface area contributed by atoms with Crippen molar-refractivity contribution in [1.29, 1.82) is 0 Å². The molecular weight excluding hydrogens is 331 g/mol. The van der Waals surface area contributed by atoms with E-state index in [0.717, 1.165) is 16.8 Å². The normalized spacial score (nSPS) is 10.4. The third kappa shape index (κ3) is 3.36. The lowest BCUT2D eigenvalue weighted by atomic mass is 10.1. The van der Waals surface area contributed by atoms with E-state index in [0.29, 0.717) is 5.69 Å². The Bertz CT molecular complexity index is 923. The highest BCUT2D eigenvalue weighted by atomic mass is 35.5. The number of imide groups is 1. The number of carbonyl (C=O) groups is 2. The van der Waals surface area contributed by atoms with Crippen LogP contribution in [-0.4, -0.2) is 11.9 Å². The van der Waals surface area contributed by atoms with E-state index in [1.807, 2.05) is 30.3 Å². The molecule has 0 aliphatic heterocycles. The number of nitrogens with one attached hydrogen (secondary N) is 2. The van der Waals surface area contributed by atoms with Crippen LogP contribution in [-0.2, 0) is 0 Å². The quantitative estimate of drug-likeness (QED) is 0.715. The zero-order chi connectivity index (χ0) is 17.1. The van der Waals surface area contributed by atoms with Crippen LogP contribution >= 0.6 is 11.6 Å². The molecule has 0 heterocycles. The minimum absolute atomic E-state index is 0.0639. The van der Waals surface area contributed by atoms with Crippen molar-refractivity contribution in [2.24, 2.45) is 0 Å². The van der Waals surface area contributed by atoms with Gasteiger partial charge in [0.05, 0.1) is 10.6 Å². The van der Waals surface area contributed by atoms with E-state index in [1.54, 1.807) is 12.1 Å². The van der Waals surface area contributed by atoms with Crippen LogP contribution in [0.5, 0.6) is 0 Å². The molecule has 2 N–H and O–H groups in total. The van der Waals surface area contributed by atoms with Crippen LogP contribution in [0.1, 0.15) is 10.4 Å². The first-order chi connectivity index (χ1) is 11.5. The van der Waals surface area contributed by atoms with Gasteiger partial charge in [-0.15, -0.1) is 0 Å². The zero-order valence-electron chi connectivity index (χ0n) is 12.3. The van der Waals surface area contributed by atoms with E-state index < -0.39 is 17.8 Å². The number of rotatable bonds is 2. The molecule has 0 radical (unpaired) electrons. The lowest BCUT2D eigenvalue weighted by Crippen LogP contribution is -2.35. The highest BCUT2D eigenvalue weighted by Crippen LogP contribution is 2.20. The molecule has 3 aromatic carbocycles. The summed E-state index contributed by atoms with van der Waals surface area (Å²) in [4.78, 5) is 23.9. The summed E-state index contributed by atoms with van der Waals surface area (Å²) in [6.45, 7) is 0. The number of benzene rings is 3. The molecule has 0 aromatic heterocycles. The summed E-state index contributed by atoms with van der Waals surface area (Å²) in [6, 6.07) is 16.1. The van der Waals surface area contributed by atoms with Gasteiger partial charge >= 0.3 is 6.03 Å². The molecule has 0 unspecified atom stereocenters. The topological polar surface area (TPSA) is 58.2 Å². The van der Waals surface area contributed by atoms with Crippen molar-refractivity contribution in [3.8, 4) is 0 Å². The summed E-state index contributed by atoms with van der Waals surface area (Å²) < 4.78 is 13.7. The lowest BCUT2D eigenvalue weighted by molar-refractivity contribution is 0.0963. The highest BCUT2D eigenvalue weighted by Gasteiger charge is 2.18. The molecule has 0 bridgehead atoms. The first-order valence-corrected chi connectivity index (χ1v) is 7.47. The maximum Gasteiger partial charge on any atom is 0.326 e. The van der Waals surface area contributed by atoms with Crippen molar-refractivity contribution >= 4 is 40.0 Å². The Morgan fingerprint density at radius 2 is 1.67 bits per heavy atom. The number of halogens is 2. The van der Waals surface area contributed by atoms with Gasteiger partial charge in [0.15, 0.2) is 0 Å². The number of carbonyl (C=O) groups excluding carboxylic acids is 2. The summed E-state index contributed by atoms with van der Waals surface area (Å²) >= 11 is 5.80. The lowest BCUT2D eigenvalue weighted by Gasteiger charge is -2.09. The Hall–Kier alpha value is -2.92. The van der Waals surface area contributed by atoms with Gasteiger partial charge in [0.25, 0.3) is 5.91 Å². The Kier molecular flexibility index (Phi) is 4.44. The summed E-state index contributed by atoms with van der Waals surface area (Å²) in [5, 5.41) is 6.50. The fourth-order valence-electron chi connectivity index (χ4n) is 2.31. The number of amides is 3. The van der Waals surface area contributed by atoms with Gasteiger partial charge in [-0.2, -0.15) is 0 Å². The molecule has 24 heavy (non-hydrogen) atoms. The Labute approximate surface area is 142 Å². The van der Waals surface area contributed by atoms with Gasteiger partial charge in [-0.25, -0.2) is 9.18 Å². The van der Waals surface area contributed by atoms with Crippen molar-refractivity contribution in [2.75, 3.05) is 5.32 Å². The fraction of sp³-hybridized carbons (Fsp3) is 0. The number of hydrogen-bond donors (Lipinski definition) is 2. The van der Waals surface area contributed by atoms with Crippen LogP contribution < -0.4 is 10.6 Å². The second-order valence-electron chi connectivity index (χ2n) is 5.07. The standard InChI is InChI=1S/C18H12ClFN2O2/c19-14-6-3-7-15(20)16(14)17(23)22-18(24)21-13-9-8-11-4-1-2-5-12(11)10-13/h1-10H,(H2,21,22,23,24).